The molecule has 0 aliphatic carbocycles. The Kier molecular flexibility index (Phi) is 13.5. The van der Waals surface area contributed by atoms with E-state index in [1.807, 2.05) is 72.8 Å². The van der Waals surface area contributed by atoms with Crippen LogP contribution in [0.4, 0.5) is 0 Å². The highest BCUT2D eigenvalue weighted by Crippen LogP contribution is 2.44. The molecule has 3 N–H and O–H groups in total. The Morgan fingerprint density at radius 3 is 2.31 bits per heavy atom. The second kappa shape index (κ2) is 17.3. The highest BCUT2D eigenvalue weighted by molar-refractivity contribution is 7.56. The quantitative estimate of drug-likeness (QED) is 0.0906. The van der Waals surface area contributed by atoms with Gasteiger partial charge in [-0.1, -0.05) is 82.0 Å². The number of rotatable bonds is 19. The first-order valence-corrected chi connectivity index (χ1v) is 20.5. The largest absolute Gasteiger partial charge is 0.520 e. The van der Waals surface area contributed by atoms with Crippen molar-refractivity contribution in [2.24, 2.45) is 0 Å². The van der Waals surface area contributed by atoms with Crippen LogP contribution in [0.2, 0.25) is 12.1 Å². The zero-order valence-corrected chi connectivity index (χ0v) is 28.8. The second-order valence-electron chi connectivity index (χ2n) is 12.2. The van der Waals surface area contributed by atoms with Gasteiger partial charge in [-0.25, -0.2) is 0 Å². The van der Waals surface area contributed by atoms with Crippen molar-refractivity contribution in [3.05, 3.63) is 89.5 Å². The third-order valence-corrected chi connectivity index (χ3v) is 12.8. The first-order valence-electron chi connectivity index (χ1n) is 16.3. The van der Waals surface area contributed by atoms with Crippen LogP contribution in [0.3, 0.4) is 0 Å². The number of hydrogen-bond acceptors (Lipinski definition) is 7. The van der Waals surface area contributed by atoms with Crippen LogP contribution in [-0.4, -0.2) is 50.2 Å². The molecule has 3 unspecified atom stereocenters. The number of aliphatic hydroxyl groups is 1. The number of fused-ring (bicyclic) bond motifs is 1. The summed E-state index contributed by atoms with van der Waals surface area (Å²) in [6, 6.07) is 24.9. The molecule has 0 radical (unpaired) electrons. The second-order valence-corrected chi connectivity index (χ2v) is 17.7. The molecule has 0 saturated carbocycles. The van der Waals surface area contributed by atoms with Crippen molar-refractivity contribution in [2.45, 2.75) is 89.9 Å². The molecule has 4 rings (SSSR count). The van der Waals surface area contributed by atoms with Gasteiger partial charge in [0, 0.05) is 30.2 Å². The van der Waals surface area contributed by atoms with Gasteiger partial charge in [0.1, 0.15) is 30.0 Å². The molecule has 0 bridgehead atoms. The predicted molar refractivity (Wildman–Crippen MR) is 182 cm³/mol. The molecule has 3 aromatic carbocycles. The van der Waals surface area contributed by atoms with Gasteiger partial charge in [0.25, 0.3) is 0 Å². The minimum absolute atomic E-state index is 0.0868. The molecule has 0 amide bonds. The standard InChI is InChI=1S/C35H50NO7PSi/c1-4-6-19-45(20-7-5-2)42-24-31-22-34(17-18-35(31)43-45)40-25-32(37)23-36-28(3)21-29-13-15-33(16-14-29)41-27-44(38,39)26-30-11-9-8-10-12-30/h8-18,22,28,32,36-37H,4-7,19-21,23-27H2,1-3H3,(H,38,39). The van der Waals surface area contributed by atoms with Crippen LogP contribution in [0.1, 0.15) is 63.1 Å². The summed E-state index contributed by atoms with van der Waals surface area (Å²) < 4.78 is 37.0. The molecule has 8 nitrogen and oxygen atoms in total. The van der Waals surface area contributed by atoms with Gasteiger partial charge >= 0.3 is 8.56 Å². The summed E-state index contributed by atoms with van der Waals surface area (Å²) in [5, 5.41) is 13.9. The fraction of sp³-hybridized carbons (Fsp3) is 0.486. The van der Waals surface area contributed by atoms with Crippen molar-refractivity contribution in [1.29, 1.82) is 0 Å². The van der Waals surface area contributed by atoms with Crippen LogP contribution in [0.5, 0.6) is 17.2 Å². The molecule has 0 saturated heterocycles. The number of unbranched alkanes of at least 4 members (excludes halogenated alkanes) is 2. The summed E-state index contributed by atoms with van der Waals surface area (Å²) >= 11 is 0. The van der Waals surface area contributed by atoms with E-state index in [0.29, 0.717) is 24.7 Å². The van der Waals surface area contributed by atoms with Crippen molar-refractivity contribution in [3.63, 3.8) is 0 Å². The van der Waals surface area contributed by atoms with Crippen molar-refractivity contribution in [3.8, 4) is 17.2 Å². The topological polar surface area (TPSA) is 106 Å². The monoisotopic (exact) mass is 655 g/mol. The van der Waals surface area contributed by atoms with Gasteiger partial charge in [-0.15, -0.1) is 0 Å². The Bertz CT molecular complexity index is 1350. The van der Waals surface area contributed by atoms with E-state index in [9.17, 15) is 14.6 Å². The van der Waals surface area contributed by atoms with Gasteiger partial charge in [0.2, 0.25) is 7.37 Å². The van der Waals surface area contributed by atoms with E-state index in [-0.39, 0.29) is 25.2 Å². The maximum atomic E-state index is 12.5. The van der Waals surface area contributed by atoms with Crippen LogP contribution in [-0.2, 0) is 28.2 Å². The van der Waals surface area contributed by atoms with Crippen molar-refractivity contribution < 1.29 is 32.9 Å². The number of hydrogen-bond donors (Lipinski definition) is 3. The summed E-state index contributed by atoms with van der Waals surface area (Å²) in [6.45, 7) is 7.61. The van der Waals surface area contributed by atoms with E-state index in [1.165, 1.54) is 0 Å². The highest BCUT2D eigenvalue weighted by atomic mass is 31.2. The Morgan fingerprint density at radius 2 is 1.62 bits per heavy atom. The van der Waals surface area contributed by atoms with Crippen LogP contribution in [0.15, 0.2) is 72.8 Å². The molecule has 45 heavy (non-hydrogen) atoms. The van der Waals surface area contributed by atoms with Crippen LogP contribution in [0, 0.1) is 0 Å². The van der Waals surface area contributed by atoms with Crippen molar-refractivity contribution >= 4 is 15.9 Å². The molecule has 0 fully saturated rings. The van der Waals surface area contributed by atoms with E-state index in [1.54, 1.807) is 0 Å². The number of aliphatic hydroxyl groups excluding tert-OH is 1. The summed E-state index contributed by atoms with van der Waals surface area (Å²) in [4.78, 5) is 10.3. The predicted octanol–water partition coefficient (Wildman–Crippen LogP) is 7.41. The van der Waals surface area contributed by atoms with Crippen LogP contribution in [0.25, 0.3) is 0 Å². The maximum Gasteiger partial charge on any atom is 0.399 e. The molecule has 0 aromatic heterocycles. The van der Waals surface area contributed by atoms with Gasteiger partial charge in [-0.2, -0.15) is 0 Å². The molecule has 10 heteroatoms. The van der Waals surface area contributed by atoms with E-state index < -0.39 is 22.0 Å². The molecule has 3 atom stereocenters. The fourth-order valence-electron chi connectivity index (χ4n) is 5.39. The molecule has 246 valence electrons. The smallest absolute Gasteiger partial charge is 0.399 e. The highest BCUT2D eigenvalue weighted by Gasteiger charge is 2.42. The van der Waals surface area contributed by atoms with Gasteiger partial charge in [-0.3, -0.25) is 4.57 Å². The molecule has 0 spiro atoms. The molecular weight excluding hydrogens is 605 g/mol. The molecule has 3 aromatic rings. The maximum absolute atomic E-state index is 12.5. The lowest BCUT2D eigenvalue weighted by atomic mass is 10.1. The zero-order chi connectivity index (χ0) is 32.1. The SMILES string of the molecule is CCCC[Si]1(CCCC)OCc2cc(OCC(O)CNC(C)Cc3ccc(OCP(=O)(O)Cc4ccccc4)cc3)ccc2O1. The third kappa shape index (κ3) is 11.6. The summed E-state index contributed by atoms with van der Waals surface area (Å²) in [5.74, 6) is 2.17. The lowest BCUT2D eigenvalue weighted by Gasteiger charge is -2.36. The Balaban J connectivity index is 1.17. The molecule has 1 aliphatic rings. The fourth-order valence-corrected chi connectivity index (χ4v) is 10.2. The van der Waals surface area contributed by atoms with E-state index in [4.69, 9.17) is 18.3 Å². The molecule has 1 aliphatic heterocycles. The lowest BCUT2D eigenvalue weighted by Crippen LogP contribution is -2.47. The third-order valence-electron chi connectivity index (χ3n) is 7.96. The summed E-state index contributed by atoms with van der Waals surface area (Å²) in [6.07, 6.45) is 4.48. The Hall–Kier alpha value is -2.65. The van der Waals surface area contributed by atoms with Crippen LogP contribution < -0.4 is 19.2 Å². The minimum atomic E-state index is -3.45. The van der Waals surface area contributed by atoms with Crippen LogP contribution >= 0.6 is 7.37 Å². The van der Waals surface area contributed by atoms with Crippen molar-refractivity contribution in [1.82, 2.24) is 5.32 Å². The zero-order valence-electron chi connectivity index (χ0n) is 27.0. The van der Waals surface area contributed by atoms with Gasteiger partial charge < -0.3 is 33.6 Å². The van der Waals surface area contributed by atoms with E-state index in [2.05, 4.69) is 26.1 Å². The lowest BCUT2D eigenvalue weighted by molar-refractivity contribution is 0.104. The van der Waals surface area contributed by atoms with Gasteiger partial charge in [0.05, 0.1) is 12.8 Å². The average Bonchev–Trinajstić information content (AvgIpc) is 3.04. The minimum Gasteiger partial charge on any atom is -0.520 e. The first kappa shape index (κ1) is 35.2. The van der Waals surface area contributed by atoms with E-state index in [0.717, 1.165) is 66.6 Å². The van der Waals surface area contributed by atoms with E-state index >= 15 is 0 Å². The first-order chi connectivity index (χ1) is 21.7. The summed E-state index contributed by atoms with van der Waals surface area (Å²) in [7, 11) is -5.67. The Labute approximate surface area is 269 Å². The molecular formula is C35H50NO7PSi. The summed E-state index contributed by atoms with van der Waals surface area (Å²) in [5.41, 5.74) is 2.91. The normalized spacial score (nSPS) is 16.6. The van der Waals surface area contributed by atoms with Gasteiger partial charge in [-0.05, 0) is 54.8 Å². The number of ether oxygens (including phenoxy) is 2. The Morgan fingerprint density at radius 1 is 0.933 bits per heavy atom. The average molecular weight is 656 g/mol. The van der Waals surface area contributed by atoms with Crippen molar-refractivity contribution in [2.75, 3.05) is 19.5 Å². The number of benzene rings is 3. The van der Waals surface area contributed by atoms with Gasteiger partial charge in [0.15, 0.2) is 6.35 Å². The number of nitrogens with one attached hydrogen (secondary N) is 1. The molecule has 1 heterocycles.